The Morgan fingerprint density at radius 3 is 2.63 bits per heavy atom. The minimum Gasteiger partial charge on any atom is -0.488 e. The minimum absolute atomic E-state index is 0.404. The molecule has 0 aliphatic carbocycles. The molecule has 0 saturated heterocycles. The molecule has 0 aliphatic heterocycles. The molecule has 3 aromatic carbocycles. The van der Waals surface area contributed by atoms with E-state index < -0.39 is 0 Å². The van der Waals surface area contributed by atoms with E-state index in [2.05, 4.69) is 41.0 Å². The summed E-state index contributed by atoms with van der Waals surface area (Å²) in [6.07, 6.45) is 1.08. The third-order valence-corrected chi connectivity index (χ3v) is 5.06. The Balaban J connectivity index is 1.79. The van der Waals surface area contributed by atoms with E-state index in [4.69, 9.17) is 27.9 Å². The topological polar surface area (TPSA) is 33.3 Å². The van der Waals surface area contributed by atoms with Crippen LogP contribution in [0.2, 0.25) is 10.0 Å². The molecule has 3 nitrogen and oxygen atoms in total. The molecule has 5 heteroatoms. The van der Waals surface area contributed by atoms with Crippen LogP contribution in [0, 0.1) is 0 Å². The third-order valence-electron chi connectivity index (χ3n) is 4.48. The summed E-state index contributed by atoms with van der Waals surface area (Å²) in [7, 11) is 1.97. The lowest BCUT2D eigenvalue weighted by atomic mass is 10.0. The summed E-state index contributed by atoms with van der Waals surface area (Å²) in [5.41, 5.74) is 2.09. The highest BCUT2D eigenvalue weighted by atomic mass is 35.5. The van der Waals surface area contributed by atoms with Gasteiger partial charge < -0.3 is 15.4 Å². The Morgan fingerprint density at radius 2 is 1.81 bits per heavy atom. The van der Waals surface area contributed by atoms with Crippen molar-refractivity contribution in [2.24, 2.45) is 0 Å². The van der Waals surface area contributed by atoms with Crippen LogP contribution in [-0.4, -0.2) is 20.1 Å². The zero-order valence-corrected chi connectivity index (χ0v) is 16.9. The molecule has 3 rings (SSSR count). The standard InChI is InChI=1S/C22H24Cl2N2O/c1-25-11-4-12-26-14-20-19-6-3-2-5-16(19)8-10-22(20)27-15-17-7-9-18(23)13-21(17)24/h2-3,5-10,13,25-26H,4,11-12,14-15H2,1H3. The molecule has 0 amide bonds. The van der Waals surface area contributed by atoms with Gasteiger partial charge in [-0.2, -0.15) is 0 Å². The van der Waals surface area contributed by atoms with Crippen LogP contribution in [0.4, 0.5) is 0 Å². The fourth-order valence-electron chi connectivity index (χ4n) is 3.03. The van der Waals surface area contributed by atoms with Crippen LogP contribution in [0.15, 0.2) is 54.6 Å². The van der Waals surface area contributed by atoms with E-state index in [1.54, 1.807) is 6.07 Å². The lowest BCUT2D eigenvalue weighted by Crippen LogP contribution is -2.20. The van der Waals surface area contributed by atoms with Crippen LogP contribution in [0.25, 0.3) is 10.8 Å². The molecule has 0 radical (unpaired) electrons. The fraction of sp³-hybridized carbons (Fsp3) is 0.273. The van der Waals surface area contributed by atoms with Crippen LogP contribution in [0.3, 0.4) is 0 Å². The summed E-state index contributed by atoms with van der Waals surface area (Å²) in [6.45, 7) is 3.11. The highest BCUT2D eigenvalue weighted by Crippen LogP contribution is 2.30. The molecule has 2 N–H and O–H groups in total. The molecule has 0 atom stereocenters. The molecule has 0 aliphatic rings. The molecule has 0 aromatic heterocycles. The van der Waals surface area contributed by atoms with E-state index in [1.807, 2.05) is 25.2 Å². The summed E-state index contributed by atoms with van der Waals surface area (Å²) < 4.78 is 6.15. The number of fused-ring (bicyclic) bond motifs is 1. The summed E-state index contributed by atoms with van der Waals surface area (Å²) in [6, 6.07) is 18.0. The number of ether oxygens (including phenoxy) is 1. The van der Waals surface area contributed by atoms with Crippen LogP contribution in [0.5, 0.6) is 5.75 Å². The fourth-order valence-corrected chi connectivity index (χ4v) is 3.49. The van der Waals surface area contributed by atoms with Gasteiger partial charge in [-0.15, -0.1) is 0 Å². The van der Waals surface area contributed by atoms with Gasteiger partial charge in [0, 0.05) is 27.7 Å². The summed E-state index contributed by atoms with van der Waals surface area (Å²) in [4.78, 5) is 0. The SMILES string of the molecule is CNCCCNCc1c(OCc2ccc(Cl)cc2Cl)ccc2ccccc12. The molecular formula is C22H24Cl2N2O. The Hall–Kier alpha value is -1.78. The normalized spacial score (nSPS) is 11.1. The van der Waals surface area contributed by atoms with Gasteiger partial charge in [0.05, 0.1) is 0 Å². The maximum atomic E-state index is 6.28. The second kappa shape index (κ2) is 9.95. The van der Waals surface area contributed by atoms with Crippen molar-refractivity contribution in [1.29, 1.82) is 0 Å². The largest absolute Gasteiger partial charge is 0.488 e. The number of halogens is 2. The Bertz CT molecular complexity index is 899. The van der Waals surface area contributed by atoms with E-state index >= 15 is 0 Å². The first-order valence-corrected chi connectivity index (χ1v) is 9.87. The first-order chi connectivity index (χ1) is 13.2. The quantitative estimate of drug-likeness (QED) is 0.468. The lowest BCUT2D eigenvalue weighted by molar-refractivity contribution is 0.303. The molecule has 27 heavy (non-hydrogen) atoms. The zero-order chi connectivity index (χ0) is 19.1. The molecule has 142 valence electrons. The van der Waals surface area contributed by atoms with Crippen molar-refractivity contribution in [3.8, 4) is 5.75 Å². The molecule has 0 fully saturated rings. The number of rotatable bonds is 9. The Kier molecular flexibility index (Phi) is 7.36. The summed E-state index contributed by atoms with van der Waals surface area (Å²) in [5.74, 6) is 0.876. The van der Waals surface area contributed by atoms with Crippen LogP contribution in [-0.2, 0) is 13.2 Å². The third kappa shape index (κ3) is 5.36. The van der Waals surface area contributed by atoms with Gasteiger partial charge in [0.2, 0.25) is 0 Å². The summed E-state index contributed by atoms with van der Waals surface area (Å²) in [5, 5.41) is 10.4. The van der Waals surface area contributed by atoms with Crippen molar-refractivity contribution < 1.29 is 4.74 Å². The van der Waals surface area contributed by atoms with Gasteiger partial charge in [0.1, 0.15) is 12.4 Å². The van der Waals surface area contributed by atoms with Gasteiger partial charge in [0.15, 0.2) is 0 Å². The predicted octanol–water partition coefficient (Wildman–Crippen LogP) is 5.42. The average molecular weight is 403 g/mol. The van der Waals surface area contributed by atoms with Crippen molar-refractivity contribution in [3.63, 3.8) is 0 Å². The first-order valence-electron chi connectivity index (χ1n) is 9.11. The van der Waals surface area contributed by atoms with Crippen molar-refractivity contribution >= 4 is 34.0 Å². The van der Waals surface area contributed by atoms with Crippen molar-refractivity contribution in [3.05, 3.63) is 75.8 Å². The van der Waals surface area contributed by atoms with Gasteiger partial charge in [-0.25, -0.2) is 0 Å². The number of nitrogens with one attached hydrogen (secondary N) is 2. The first kappa shape index (κ1) is 20.0. The molecule has 0 heterocycles. The molecular weight excluding hydrogens is 379 g/mol. The van der Waals surface area contributed by atoms with Crippen LogP contribution >= 0.6 is 23.2 Å². The molecule has 0 unspecified atom stereocenters. The van der Waals surface area contributed by atoms with E-state index in [0.717, 1.165) is 37.4 Å². The minimum atomic E-state index is 0.404. The van der Waals surface area contributed by atoms with Crippen LogP contribution in [0.1, 0.15) is 17.5 Å². The smallest absolute Gasteiger partial charge is 0.124 e. The molecule has 3 aromatic rings. The monoisotopic (exact) mass is 402 g/mol. The van der Waals surface area contributed by atoms with Crippen molar-refractivity contribution in [2.75, 3.05) is 20.1 Å². The lowest BCUT2D eigenvalue weighted by Gasteiger charge is -2.16. The van der Waals surface area contributed by atoms with Crippen molar-refractivity contribution in [2.45, 2.75) is 19.6 Å². The van der Waals surface area contributed by atoms with Gasteiger partial charge in [-0.05, 0) is 55.5 Å². The predicted molar refractivity (Wildman–Crippen MR) is 115 cm³/mol. The average Bonchev–Trinajstić information content (AvgIpc) is 2.68. The van der Waals surface area contributed by atoms with Gasteiger partial charge in [-0.3, -0.25) is 0 Å². The Morgan fingerprint density at radius 1 is 0.963 bits per heavy atom. The van der Waals surface area contributed by atoms with Crippen molar-refractivity contribution in [1.82, 2.24) is 10.6 Å². The van der Waals surface area contributed by atoms with E-state index in [0.29, 0.717) is 16.7 Å². The number of hydrogen-bond acceptors (Lipinski definition) is 3. The molecule has 0 saturated carbocycles. The zero-order valence-electron chi connectivity index (χ0n) is 15.4. The maximum Gasteiger partial charge on any atom is 0.124 e. The molecule has 0 bridgehead atoms. The summed E-state index contributed by atoms with van der Waals surface area (Å²) >= 11 is 12.3. The maximum absolute atomic E-state index is 6.28. The second-order valence-electron chi connectivity index (χ2n) is 6.42. The van der Waals surface area contributed by atoms with Crippen LogP contribution < -0.4 is 15.4 Å². The molecule has 0 spiro atoms. The number of benzene rings is 3. The van der Waals surface area contributed by atoms with E-state index in [9.17, 15) is 0 Å². The van der Waals surface area contributed by atoms with E-state index in [-0.39, 0.29) is 0 Å². The number of hydrogen-bond donors (Lipinski definition) is 2. The highest BCUT2D eigenvalue weighted by Gasteiger charge is 2.10. The van der Waals surface area contributed by atoms with Gasteiger partial charge in [0.25, 0.3) is 0 Å². The van der Waals surface area contributed by atoms with Gasteiger partial charge >= 0.3 is 0 Å². The van der Waals surface area contributed by atoms with Gasteiger partial charge in [-0.1, -0.05) is 59.6 Å². The Labute approximate surface area is 170 Å². The highest BCUT2D eigenvalue weighted by molar-refractivity contribution is 6.35. The second-order valence-corrected chi connectivity index (χ2v) is 7.27. The van der Waals surface area contributed by atoms with E-state index in [1.165, 1.54) is 16.3 Å².